The predicted molar refractivity (Wildman–Crippen MR) is 80.6 cm³/mol. The van der Waals surface area contributed by atoms with Crippen LogP contribution in [0.4, 0.5) is 0 Å². The lowest BCUT2D eigenvalue weighted by Crippen LogP contribution is -2.08. The maximum Gasteiger partial charge on any atom is 0.150 e. The van der Waals surface area contributed by atoms with Crippen molar-refractivity contribution >= 4 is 17.2 Å². The minimum atomic E-state index is -0.225. The van der Waals surface area contributed by atoms with Crippen LogP contribution in [0.5, 0.6) is 0 Å². The van der Waals surface area contributed by atoms with E-state index in [1.165, 1.54) is 0 Å². The highest BCUT2D eigenvalue weighted by Gasteiger charge is 2.15. The van der Waals surface area contributed by atoms with Gasteiger partial charge in [-0.1, -0.05) is 6.42 Å². The Labute approximate surface area is 119 Å². The number of hydrogen-bond donors (Lipinski definition) is 0. The highest BCUT2D eigenvalue weighted by Crippen LogP contribution is 2.23. The summed E-state index contributed by atoms with van der Waals surface area (Å²) in [7, 11) is 0. The van der Waals surface area contributed by atoms with Crippen LogP contribution < -0.4 is 0 Å². The first-order valence-corrected chi connectivity index (χ1v) is 7.01. The molecule has 0 spiro atoms. The average molecular weight is 268 g/mol. The molecule has 0 N–H and O–H groups in total. The van der Waals surface area contributed by atoms with Gasteiger partial charge in [-0.25, -0.2) is 0 Å². The van der Waals surface area contributed by atoms with E-state index in [1.807, 2.05) is 38.1 Å². The summed E-state index contributed by atoms with van der Waals surface area (Å²) >= 11 is 0. The summed E-state index contributed by atoms with van der Waals surface area (Å²) in [6.07, 6.45) is 5.98. The van der Waals surface area contributed by atoms with E-state index in [2.05, 4.69) is 16.8 Å². The number of fused-ring (bicyclic) bond motifs is 1. The van der Waals surface area contributed by atoms with Gasteiger partial charge in [0.1, 0.15) is 6.29 Å². The molecule has 0 aliphatic carbocycles. The molecule has 1 aromatic carbocycles. The van der Waals surface area contributed by atoms with E-state index in [1.54, 1.807) is 0 Å². The predicted octanol–water partition coefficient (Wildman–Crippen LogP) is 4.17. The smallest absolute Gasteiger partial charge is 0.150 e. The number of carbonyl (C=O) groups excluding carboxylic acids is 1. The quantitative estimate of drug-likeness (QED) is 0.583. The summed E-state index contributed by atoms with van der Waals surface area (Å²) in [5, 5.41) is 10.1. The van der Waals surface area contributed by atoms with Gasteiger partial charge in [0.15, 0.2) is 0 Å². The van der Waals surface area contributed by atoms with Crippen LogP contribution in [-0.4, -0.2) is 10.9 Å². The highest BCUT2D eigenvalue weighted by atomic mass is 16.1. The van der Waals surface area contributed by atoms with Gasteiger partial charge in [-0.3, -0.25) is 4.79 Å². The lowest BCUT2D eigenvalue weighted by molar-refractivity contribution is 0.112. The van der Waals surface area contributed by atoms with E-state index >= 15 is 0 Å². The number of aromatic nitrogens is 1. The first kappa shape index (κ1) is 14.3. The van der Waals surface area contributed by atoms with Crippen LogP contribution in [0.1, 0.15) is 43.5 Å². The molecule has 0 aliphatic rings. The van der Waals surface area contributed by atoms with Crippen molar-refractivity contribution in [2.24, 2.45) is 5.41 Å². The van der Waals surface area contributed by atoms with Gasteiger partial charge >= 0.3 is 0 Å². The van der Waals surface area contributed by atoms with Gasteiger partial charge in [0, 0.05) is 29.2 Å². The largest absolute Gasteiger partial charge is 0.347 e. The number of unbranched alkanes of at least 4 members (excludes halogenated alkanes) is 1. The molecule has 0 fully saturated rings. The van der Waals surface area contributed by atoms with Crippen LogP contribution in [0.2, 0.25) is 0 Å². The Morgan fingerprint density at radius 3 is 2.80 bits per heavy atom. The Balaban J connectivity index is 1.97. The fourth-order valence-electron chi connectivity index (χ4n) is 2.39. The van der Waals surface area contributed by atoms with E-state index in [0.717, 1.165) is 43.0 Å². The maximum atomic E-state index is 10.8. The molecule has 0 atom stereocenters. The standard InChI is InChI=1S/C17H20N2O/c1-17(2,13-18)8-3-4-9-19-10-7-15-11-14(12-20)5-6-16(15)19/h5-7,10-12H,3-4,8-9H2,1-2H3. The molecule has 0 bridgehead atoms. The van der Waals surface area contributed by atoms with Crippen molar-refractivity contribution < 1.29 is 4.79 Å². The second kappa shape index (κ2) is 5.92. The maximum absolute atomic E-state index is 10.8. The van der Waals surface area contributed by atoms with Gasteiger partial charge in [-0.2, -0.15) is 5.26 Å². The molecule has 1 heterocycles. The number of hydrogen-bond acceptors (Lipinski definition) is 2. The first-order valence-electron chi connectivity index (χ1n) is 7.01. The Kier molecular flexibility index (Phi) is 4.24. The summed E-state index contributed by atoms with van der Waals surface area (Å²) in [6.45, 7) is 4.92. The molecular formula is C17H20N2O. The van der Waals surface area contributed by atoms with Gasteiger partial charge in [-0.15, -0.1) is 0 Å². The number of nitriles is 1. The van der Waals surface area contributed by atoms with Crippen LogP contribution in [0, 0.1) is 16.7 Å². The lowest BCUT2D eigenvalue weighted by atomic mass is 9.89. The van der Waals surface area contributed by atoms with E-state index in [9.17, 15) is 4.79 Å². The lowest BCUT2D eigenvalue weighted by Gasteiger charge is -2.14. The molecule has 104 valence electrons. The summed E-state index contributed by atoms with van der Waals surface area (Å²) in [5.74, 6) is 0. The van der Waals surface area contributed by atoms with Crippen molar-refractivity contribution in [2.45, 2.75) is 39.7 Å². The molecule has 3 heteroatoms. The average Bonchev–Trinajstić information content (AvgIpc) is 2.86. The topological polar surface area (TPSA) is 45.8 Å². The van der Waals surface area contributed by atoms with Crippen LogP contribution in [-0.2, 0) is 6.54 Å². The first-order chi connectivity index (χ1) is 9.55. The molecule has 0 radical (unpaired) electrons. The van der Waals surface area contributed by atoms with Crippen molar-refractivity contribution in [3.05, 3.63) is 36.0 Å². The van der Waals surface area contributed by atoms with Crippen LogP contribution in [0.25, 0.3) is 10.9 Å². The minimum Gasteiger partial charge on any atom is -0.347 e. The zero-order valence-electron chi connectivity index (χ0n) is 12.1. The number of rotatable bonds is 6. The highest BCUT2D eigenvalue weighted by molar-refractivity contribution is 5.87. The van der Waals surface area contributed by atoms with Crippen molar-refractivity contribution in [3.63, 3.8) is 0 Å². The van der Waals surface area contributed by atoms with Gasteiger partial charge in [0.2, 0.25) is 0 Å². The number of benzene rings is 1. The van der Waals surface area contributed by atoms with Crippen LogP contribution >= 0.6 is 0 Å². The van der Waals surface area contributed by atoms with Crippen LogP contribution in [0.3, 0.4) is 0 Å². The van der Waals surface area contributed by atoms with E-state index < -0.39 is 0 Å². The summed E-state index contributed by atoms with van der Waals surface area (Å²) in [5.41, 5.74) is 1.65. The third-order valence-corrected chi connectivity index (χ3v) is 3.68. The van der Waals surface area contributed by atoms with Gasteiger partial charge < -0.3 is 4.57 Å². The van der Waals surface area contributed by atoms with Crippen molar-refractivity contribution in [3.8, 4) is 6.07 Å². The number of aldehydes is 1. The normalized spacial score (nSPS) is 11.4. The fraction of sp³-hybridized carbons (Fsp3) is 0.412. The molecule has 0 aliphatic heterocycles. The Morgan fingerprint density at radius 2 is 2.10 bits per heavy atom. The minimum absolute atomic E-state index is 0.225. The van der Waals surface area contributed by atoms with Crippen molar-refractivity contribution in [1.29, 1.82) is 5.26 Å². The number of aryl methyl sites for hydroxylation is 1. The second-order valence-corrected chi connectivity index (χ2v) is 5.90. The van der Waals surface area contributed by atoms with Crippen molar-refractivity contribution in [2.75, 3.05) is 0 Å². The number of carbonyl (C=O) groups is 1. The van der Waals surface area contributed by atoms with Gasteiger partial charge in [0.25, 0.3) is 0 Å². The zero-order valence-corrected chi connectivity index (χ0v) is 12.1. The molecule has 2 rings (SSSR count). The summed E-state index contributed by atoms with van der Waals surface area (Å²) < 4.78 is 2.21. The fourth-order valence-corrected chi connectivity index (χ4v) is 2.39. The molecule has 0 saturated heterocycles. The molecule has 0 unspecified atom stereocenters. The molecule has 3 nitrogen and oxygen atoms in total. The van der Waals surface area contributed by atoms with E-state index in [-0.39, 0.29) is 5.41 Å². The molecule has 20 heavy (non-hydrogen) atoms. The third kappa shape index (κ3) is 3.27. The SMILES string of the molecule is CC(C)(C#N)CCCCn1ccc2cc(C=O)ccc21. The van der Waals surface area contributed by atoms with Gasteiger partial charge in [0.05, 0.1) is 11.5 Å². The monoisotopic (exact) mass is 268 g/mol. The molecule has 0 amide bonds. The summed E-state index contributed by atoms with van der Waals surface area (Å²) in [6, 6.07) is 10.1. The third-order valence-electron chi connectivity index (χ3n) is 3.68. The molecule has 2 aromatic rings. The van der Waals surface area contributed by atoms with E-state index in [0.29, 0.717) is 5.56 Å². The Morgan fingerprint density at radius 1 is 1.30 bits per heavy atom. The zero-order chi connectivity index (χ0) is 14.6. The van der Waals surface area contributed by atoms with Gasteiger partial charge in [-0.05, 0) is 51.0 Å². The van der Waals surface area contributed by atoms with Crippen molar-refractivity contribution in [1.82, 2.24) is 4.57 Å². The second-order valence-electron chi connectivity index (χ2n) is 5.90. The Hall–Kier alpha value is -2.08. The summed E-state index contributed by atoms with van der Waals surface area (Å²) in [4.78, 5) is 10.8. The van der Waals surface area contributed by atoms with Crippen LogP contribution in [0.15, 0.2) is 30.5 Å². The molecular weight excluding hydrogens is 248 g/mol. The molecule has 1 aromatic heterocycles. The van der Waals surface area contributed by atoms with E-state index in [4.69, 9.17) is 5.26 Å². The number of nitrogens with zero attached hydrogens (tertiary/aromatic N) is 2. The molecule has 0 saturated carbocycles. The Bertz CT molecular complexity index is 647.